The van der Waals surface area contributed by atoms with Gasteiger partial charge in [-0.15, -0.1) is 0 Å². The maximum atomic E-state index is 13.3. The number of halogens is 3. The number of rotatable bonds is 5. The van der Waals surface area contributed by atoms with Crippen LogP contribution < -0.4 is 10.2 Å². The van der Waals surface area contributed by atoms with E-state index >= 15 is 0 Å². The van der Waals surface area contributed by atoms with E-state index in [9.17, 15) is 37.7 Å². The molecule has 168 valence electrons. The van der Waals surface area contributed by atoms with Gasteiger partial charge in [0.2, 0.25) is 5.91 Å². The number of amides is 4. The van der Waals surface area contributed by atoms with Gasteiger partial charge < -0.3 is 10.2 Å². The first-order valence-corrected chi connectivity index (χ1v) is 9.06. The summed E-state index contributed by atoms with van der Waals surface area (Å²) in [5.41, 5.74) is -4.90. The standard InChI is InChI=1S/C19H16F3N5O5/c1-18(2)16(29)26(11-6-7-13(27(31)32)12(9-11)19(20,21)22)17(30)25(18)10-15(28)24-14-5-3-4-8-23-14/h3-9H,10H2,1-2H3,(H,23,24,28). The Kier molecular flexibility index (Phi) is 5.60. The summed E-state index contributed by atoms with van der Waals surface area (Å²) >= 11 is 0. The van der Waals surface area contributed by atoms with Crippen molar-refractivity contribution >= 4 is 35.0 Å². The van der Waals surface area contributed by atoms with Gasteiger partial charge in [-0.1, -0.05) is 6.07 Å². The average Bonchev–Trinajstić information content (AvgIpc) is 2.87. The van der Waals surface area contributed by atoms with E-state index in [1.54, 1.807) is 12.1 Å². The van der Waals surface area contributed by atoms with Crippen LogP contribution in [0, 0.1) is 10.1 Å². The maximum absolute atomic E-state index is 13.3. The van der Waals surface area contributed by atoms with Gasteiger partial charge in [-0.25, -0.2) is 14.7 Å². The number of urea groups is 1. The molecule has 1 fully saturated rings. The van der Waals surface area contributed by atoms with E-state index in [-0.39, 0.29) is 5.82 Å². The minimum absolute atomic E-state index is 0.204. The maximum Gasteiger partial charge on any atom is 0.423 e. The molecule has 2 heterocycles. The van der Waals surface area contributed by atoms with Gasteiger partial charge >= 0.3 is 12.2 Å². The molecule has 0 atom stereocenters. The highest BCUT2D eigenvalue weighted by molar-refractivity contribution is 6.23. The van der Waals surface area contributed by atoms with Crippen LogP contribution in [0.4, 0.5) is 35.2 Å². The number of carbonyl (C=O) groups excluding carboxylic acids is 3. The number of aromatic nitrogens is 1. The molecule has 1 N–H and O–H groups in total. The highest BCUT2D eigenvalue weighted by atomic mass is 19.4. The van der Waals surface area contributed by atoms with Crippen molar-refractivity contribution in [3.63, 3.8) is 0 Å². The minimum Gasteiger partial charge on any atom is -0.309 e. The first kappa shape index (κ1) is 22.7. The number of pyridine rings is 1. The normalized spacial score (nSPS) is 15.8. The topological polar surface area (TPSA) is 126 Å². The molecule has 1 saturated heterocycles. The molecule has 0 spiro atoms. The first-order valence-electron chi connectivity index (χ1n) is 9.06. The summed E-state index contributed by atoms with van der Waals surface area (Å²) in [6.45, 7) is 2.08. The van der Waals surface area contributed by atoms with Crippen LogP contribution >= 0.6 is 0 Å². The zero-order valence-corrected chi connectivity index (χ0v) is 16.7. The van der Waals surface area contributed by atoms with Crippen molar-refractivity contribution in [2.24, 2.45) is 0 Å². The fourth-order valence-corrected chi connectivity index (χ4v) is 3.14. The Morgan fingerprint density at radius 1 is 1.22 bits per heavy atom. The molecule has 0 radical (unpaired) electrons. The molecule has 13 heteroatoms. The van der Waals surface area contributed by atoms with Crippen LogP contribution in [0.25, 0.3) is 0 Å². The van der Waals surface area contributed by atoms with Gasteiger partial charge in [-0.3, -0.25) is 19.7 Å². The van der Waals surface area contributed by atoms with Crippen molar-refractivity contribution in [1.82, 2.24) is 9.88 Å². The smallest absolute Gasteiger partial charge is 0.309 e. The summed E-state index contributed by atoms with van der Waals surface area (Å²) in [6.07, 6.45) is -3.67. The van der Waals surface area contributed by atoms with E-state index in [0.29, 0.717) is 17.0 Å². The summed E-state index contributed by atoms with van der Waals surface area (Å²) in [5, 5.41) is 13.4. The lowest BCUT2D eigenvalue weighted by Crippen LogP contribution is -2.47. The lowest BCUT2D eigenvalue weighted by Gasteiger charge is -2.26. The Balaban J connectivity index is 1.92. The van der Waals surface area contributed by atoms with Gasteiger partial charge in [-0.2, -0.15) is 13.2 Å². The first-order chi connectivity index (χ1) is 14.8. The van der Waals surface area contributed by atoms with Gasteiger partial charge in [-0.05, 0) is 38.1 Å². The van der Waals surface area contributed by atoms with Gasteiger partial charge in [0, 0.05) is 12.3 Å². The van der Waals surface area contributed by atoms with Gasteiger partial charge in [0.25, 0.3) is 11.6 Å². The number of hydrogen-bond donors (Lipinski definition) is 1. The van der Waals surface area contributed by atoms with Crippen LogP contribution in [0.2, 0.25) is 0 Å². The number of nitrogens with zero attached hydrogens (tertiary/aromatic N) is 4. The fraction of sp³-hybridized carbons (Fsp3) is 0.263. The number of carbonyl (C=O) groups is 3. The van der Waals surface area contributed by atoms with Crippen LogP contribution in [0.15, 0.2) is 42.6 Å². The monoisotopic (exact) mass is 451 g/mol. The number of benzene rings is 1. The molecule has 0 saturated carbocycles. The zero-order chi connectivity index (χ0) is 23.8. The third-order valence-corrected chi connectivity index (χ3v) is 4.80. The SMILES string of the molecule is CC1(C)C(=O)N(c2ccc([N+](=O)[O-])c(C(F)(F)F)c2)C(=O)N1CC(=O)Nc1ccccn1. The number of imide groups is 1. The predicted octanol–water partition coefficient (Wildman–Crippen LogP) is 3.19. The van der Waals surface area contributed by atoms with Crippen LogP contribution in [0.3, 0.4) is 0 Å². The summed E-state index contributed by atoms with van der Waals surface area (Å²) in [4.78, 5) is 53.2. The molecule has 1 aliphatic heterocycles. The van der Waals surface area contributed by atoms with Crippen LogP contribution in [0.1, 0.15) is 19.4 Å². The quantitative estimate of drug-likeness (QED) is 0.423. The van der Waals surface area contributed by atoms with Crippen LogP contribution in [0.5, 0.6) is 0 Å². The molecule has 10 nitrogen and oxygen atoms in total. The predicted molar refractivity (Wildman–Crippen MR) is 105 cm³/mol. The molecule has 2 aromatic rings. The molecule has 1 aromatic carbocycles. The van der Waals surface area contributed by atoms with Gasteiger partial charge in [0.05, 0.1) is 10.6 Å². The molecule has 32 heavy (non-hydrogen) atoms. The van der Waals surface area contributed by atoms with Crippen molar-refractivity contribution in [1.29, 1.82) is 0 Å². The van der Waals surface area contributed by atoms with Crippen molar-refractivity contribution in [3.05, 3.63) is 58.3 Å². The molecule has 0 aliphatic carbocycles. The van der Waals surface area contributed by atoms with E-state index in [2.05, 4.69) is 10.3 Å². The van der Waals surface area contributed by atoms with Gasteiger partial charge in [0.15, 0.2) is 0 Å². The Morgan fingerprint density at radius 3 is 2.47 bits per heavy atom. The number of nitro benzene ring substituents is 1. The largest absolute Gasteiger partial charge is 0.423 e. The van der Waals surface area contributed by atoms with Crippen molar-refractivity contribution in [2.45, 2.75) is 25.6 Å². The van der Waals surface area contributed by atoms with Crippen molar-refractivity contribution in [3.8, 4) is 0 Å². The third-order valence-electron chi connectivity index (χ3n) is 4.80. The van der Waals surface area contributed by atoms with E-state index in [0.717, 1.165) is 11.0 Å². The molecule has 1 aliphatic rings. The third kappa shape index (κ3) is 4.08. The van der Waals surface area contributed by atoms with Gasteiger partial charge in [0.1, 0.15) is 23.5 Å². The number of alkyl halides is 3. The summed E-state index contributed by atoms with van der Waals surface area (Å²) in [7, 11) is 0. The Morgan fingerprint density at radius 2 is 1.91 bits per heavy atom. The summed E-state index contributed by atoms with van der Waals surface area (Å²) < 4.78 is 39.9. The molecule has 0 bridgehead atoms. The van der Waals surface area contributed by atoms with E-state index < -0.39 is 58.0 Å². The Bertz CT molecular complexity index is 1100. The van der Waals surface area contributed by atoms with Crippen LogP contribution in [-0.2, 0) is 15.8 Å². The average molecular weight is 451 g/mol. The highest BCUT2D eigenvalue weighted by Gasteiger charge is 2.53. The van der Waals surface area contributed by atoms with Crippen LogP contribution in [-0.4, -0.2) is 44.7 Å². The molecule has 3 rings (SSSR count). The summed E-state index contributed by atoms with van der Waals surface area (Å²) in [6, 6.07) is 5.50. The van der Waals surface area contributed by atoms with E-state index in [1.807, 2.05) is 0 Å². The fourth-order valence-electron chi connectivity index (χ4n) is 3.14. The number of hydrogen-bond acceptors (Lipinski definition) is 6. The second-order valence-corrected chi connectivity index (χ2v) is 7.29. The number of nitrogens with one attached hydrogen (secondary N) is 1. The number of nitro groups is 1. The molecule has 0 unspecified atom stereocenters. The second-order valence-electron chi connectivity index (χ2n) is 7.29. The second kappa shape index (κ2) is 7.90. The zero-order valence-electron chi connectivity index (χ0n) is 16.7. The van der Waals surface area contributed by atoms with E-state index in [1.165, 1.54) is 26.1 Å². The lowest BCUT2D eigenvalue weighted by atomic mass is 10.0. The minimum atomic E-state index is -5.10. The van der Waals surface area contributed by atoms with Crippen molar-refractivity contribution < 1.29 is 32.5 Å². The van der Waals surface area contributed by atoms with E-state index in [4.69, 9.17) is 0 Å². The lowest BCUT2D eigenvalue weighted by molar-refractivity contribution is -0.388. The Hall–Kier alpha value is -4.03. The summed E-state index contributed by atoms with van der Waals surface area (Å²) in [5.74, 6) is -1.37. The molecule has 1 aromatic heterocycles. The molecule has 4 amide bonds. The van der Waals surface area contributed by atoms with Crippen molar-refractivity contribution in [2.75, 3.05) is 16.8 Å². The Labute approximate surface area is 178 Å². The highest BCUT2D eigenvalue weighted by Crippen LogP contribution is 2.40. The number of anilines is 2. The molecular weight excluding hydrogens is 435 g/mol. The molecular formula is C19H16F3N5O5.